The number of hydrogen-bond acceptors (Lipinski definition) is 5. The molecule has 0 saturated carbocycles. The highest BCUT2D eigenvalue weighted by molar-refractivity contribution is 5.96. The number of carbonyl (C=O) groups is 2. The summed E-state index contributed by atoms with van der Waals surface area (Å²) in [6, 6.07) is 8.55. The predicted molar refractivity (Wildman–Crippen MR) is 89.6 cm³/mol. The second-order valence-electron chi connectivity index (χ2n) is 5.15. The molecule has 6 nitrogen and oxygen atoms in total. The van der Waals surface area contributed by atoms with E-state index in [9.17, 15) is 14.0 Å². The number of ether oxygens (including phenoxy) is 3. The van der Waals surface area contributed by atoms with Gasteiger partial charge in [0, 0.05) is 5.69 Å². The Balaban J connectivity index is 1.97. The van der Waals surface area contributed by atoms with Gasteiger partial charge >= 0.3 is 5.97 Å². The van der Waals surface area contributed by atoms with Crippen molar-refractivity contribution < 1.29 is 28.2 Å². The number of amides is 1. The van der Waals surface area contributed by atoms with Gasteiger partial charge in [-0.15, -0.1) is 0 Å². The van der Waals surface area contributed by atoms with Crippen LogP contribution in [0, 0.1) is 12.7 Å². The molecule has 0 unspecified atom stereocenters. The van der Waals surface area contributed by atoms with Crippen molar-refractivity contribution in [3.05, 3.63) is 53.3 Å². The van der Waals surface area contributed by atoms with Crippen LogP contribution < -0.4 is 14.8 Å². The van der Waals surface area contributed by atoms with Gasteiger partial charge in [0.15, 0.2) is 18.1 Å². The Morgan fingerprint density at radius 1 is 1.04 bits per heavy atom. The van der Waals surface area contributed by atoms with E-state index in [1.165, 1.54) is 38.5 Å². The monoisotopic (exact) mass is 347 g/mol. The summed E-state index contributed by atoms with van der Waals surface area (Å²) in [5, 5.41) is 2.50. The van der Waals surface area contributed by atoms with Crippen LogP contribution in [0.15, 0.2) is 36.4 Å². The third-order valence-corrected chi connectivity index (χ3v) is 3.43. The van der Waals surface area contributed by atoms with Gasteiger partial charge in [0.1, 0.15) is 5.82 Å². The summed E-state index contributed by atoms with van der Waals surface area (Å²) in [4.78, 5) is 23.9. The van der Waals surface area contributed by atoms with E-state index >= 15 is 0 Å². The molecule has 0 bridgehead atoms. The molecule has 0 fully saturated rings. The van der Waals surface area contributed by atoms with Crippen LogP contribution in [0.25, 0.3) is 0 Å². The fraction of sp³-hybridized carbons (Fsp3) is 0.222. The molecular formula is C18H18FNO5. The molecule has 0 aliphatic heterocycles. The summed E-state index contributed by atoms with van der Waals surface area (Å²) in [6.45, 7) is 1.23. The van der Waals surface area contributed by atoms with Gasteiger partial charge in [-0.25, -0.2) is 9.18 Å². The number of halogens is 1. The smallest absolute Gasteiger partial charge is 0.338 e. The van der Waals surface area contributed by atoms with E-state index < -0.39 is 24.3 Å². The van der Waals surface area contributed by atoms with Crippen LogP contribution in [0.1, 0.15) is 15.9 Å². The second kappa shape index (κ2) is 8.14. The van der Waals surface area contributed by atoms with Crippen molar-refractivity contribution in [1.29, 1.82) is 0 Å². The standard InChI is InChI=1S/C18H18FNO5/c1-11-4-6-13(19)9-14(11)20-17(21)10-25-18(22)12-5-7-15(23-2)16(8-12)24-3/h4-9H,10H2,1-3H3,(H,20,21). The van der Waals surface area contributed by atoms with Crippen molar-refractivity contribution in [2.75, 3.05) is 26.1 Å². The Hall–Kier alpha value is -3.09. The number of aryl methyl sites for hydroxylation is 1. The number of carbonyl (C=O) groups excluding carboxylic acids is 2. The van der Waals surface area contributed by atoms with E-state index in [0.717, 1.165) is 0 Å². The van der Waals surface area contributed by atoms with Crippen LogP contribution in [0.2, 0.25) is 0 Å². The summed E-state index contributed by atoms with van der Waals surface area (Å²) in [7, 11) is 2.93. The molecule has 7 heteroatoms. The number of esters is 1. The summed E-state index contributed by atoms with van der Waals surface area (Å²) >= 11 is 0. The fourth-order valence-corrected chi connectivity index (χ4v) is 2.09. The molecule has 0 radical (unpaired) electrons. The Kier molecular flexibility index (Phi) is 5.94. The van der Waals surface area contributed by atoms with E-state index in [4.69, 9.17) is 14.2 Å². The van der Waals surface area contributed by atoms with Crippen LogP contribution >= 0.6 is 0 Å². The highest BCUT2D eigenvalue weighted by Gasteiger charge is 2.14. The Bertz CT molecular complexity index is 791. The average molecular weight is 347 g/mol. The number of anilines is 1. The zero-order valence-electron chi connectivity index (χ0n) is 14.1. The minimum absolute atomic E-state index is 0.215. The minimum atomic E-state index is -0.688. The maximum absolute atomic E-state index is 13.2. The molecule has 2 aromatic carbocycles. The SMILES string of the molecule is COc1ccc(C(=O)OCC(=O)Nc2cc(F)ccc2C)cc1OC. The highest BCUT2D eigenvalue weighted by atomic mass is 19.1. The van der Waals surface area contributed by atoms with E-state index in [2.05, 4.69) is 5.32 Å². The van der Waals surface area contributed by atoms with Gasteiger partial charge in [-0.2, -0.15) is 0 Å². The van der Waals surface area contributed by atoms with Crippen LogP contribution in [0.5, 0.6) is 11.5 Å². The average Bonchev–Trinajstić information content (AvgIpc) is 2.62. The summed E-state index contributed by atoms with van der Waals surface area (Å²) in [5.74, 6) is -0.882. The molecule has 2 aromatic rings. The molecular weight excluding hydrogens is 329 g/mol. The van der Waals surface area contributed by atoms with Crippen molar-refractivity contribution in [1.82, 2.24) is 0 Å². The van der Waals surface area contributed by atoms with Gasteiger partial charge in [0.05, 0.1) is 19.8 Å². The normalized spacial score (nSPS) is 10.1. The maximum atomic E-state index is 13.2. The first-order valence-corrected chi connectivity index (χ1v) is 7.39. The number of benzene rings is 2. The fourth-order valence-electron chi connectivity index (χ4n) is 2.09. The van der Waals surface area contributed by atoms with Gasteiger partial charge in [0.25, 0.3) is 5.91 Å². The van der Waals surface area contributed by atoms with Gasteiger partial charge in [0.2, 0.25) is 0 Å². The molecule has 0 heterocycles. The lowest BCUT2D eigenvalue weighted by Gasteiger charge is -2.10. The molecule has 0 aromatic heterocycles. The van der Waals surface area contributed by atoms with Gasteiger partial charge in [-0.3, -0.25) is 4.79 Å². The highest BCUT2D eigenvalue weighted by Crippen LogP contribution is 2.27. The van der Waals surface area contributed by atoms with Gasteiger partial charge < -0.3 is 19.5 Å². The first kappa shape index (κ1) is 18.3. The van der Waals surface area contributed by atoms with Gasteiger partial charge in [-0.1, -0.05) is 6.07 Å². The van der Waals surface area contributed by atoms with E-state index in [1.807, 2.05) is 0 Å². The Morgan fingerprint density at radius 2 is 1.76 bits per heavy atom. The second-order valence-corrected chi connectivity index (χ2v) is 5.15. The molecule has 1 amide bonds. The third kappa shape index (κ3) is 4.69. The zero-order chi connectivity index (χ0) is 18.4. The molecule has 1 N–H and O–H groups in total. The van der Waals surface area contributed by atoms with Crippen molar-refractivity contribution in [2.24, 2.45) is 0 Å². The Labute approximate surface area is 144 Å². The van der Waals surface area contributed by atoms with Crippen LogP contribution in [0.3, 0.4) is 0 Å². The van der Waals surface area contributed by atoms with E-state index in [0.29, 0.717) is 22.7 Å². The summed E-state index contributed by atoms with van der Waals surface area (Å²) in [5.41, 5.74) is 1.24. The lowest BCUT2D eigenvalue weighted by atomic mass is 10.2. The largest absolute Gasteiger partial charge is 0.493 e. The molecule has 132 valence electrons. The van der Waals surface area contributed by atoms with Crippen molar-refractivity contribution >= 4 is 17.6 Å². The molecule has 0 atom stereocenters. The lowest BCUT2D eigenvalue weighted by molar-refractivity contribution is -0.119. The van der Waals surface area contributed by atoms with Gasteiger partial charge in [-0.05, 0) is 42.8 Å². The number of rotatable bonds is 6. The molecule has 0 spiro atoms. The number of nitrogens with one attached hydrogen (secondary N) is 1. The minimum Gasteiger partial charge on any atom is -0.493 e. The third-order valence-electron chi connectivity index (χ3n) is 3.43. The Morgan fingerprint density at radius 3 is 2.44 bits per heavy atom. The zero-order valence-corrected chi connectivity index (χ0v) is 14.1. The number of hydrogen-bond donors (Lipinski definition) is 1. The number of methoxy groups -OCH3 is 2. The van der Waals surface area contributed by atoms with Crippen LogP contribution in [-0.4, -0.2) is 32.7 Å². The summed E-state index contributed by atoms with van der Waals surface area (Å²) < 4.78 is 28.4. The maximum Gasteiger partial charge on any atom is 0.338 e. The first-order valence-electron chi connectivity index (χ1n) is 7.39. The van der Waals surface area contributed by atoms with E-state index in [1.54, 1.807) is 19.1 Å². The van der Waals surface area contributed by atoms with Crippen LogP contribution in [-0.2, 0) is 9.53 Å². The van der Waals surface area contributed by atoms with E-state index in [-0.39, 0.29) is 5.56 Å². The molecule has 0 saturated heterocycles. The quantitative estimate of drug-likeness (QED) is 0.813. The predicted octanol–water partition coefficient (Wildman–Crippen LogP) is 2.95. The first-order chi connectivity index (χ1) is 11.9. The molecule has 2 rings (SSSR count). The summed E-state index contributed by atoms with van der Waals surface area (Å²) in [6.07, 6.45) is 0. The van der Waals surface area contributed by atoms with Crippen molar-refractivity contribution in [3.8, 4) is 11.5 Å². The molecule has 0 aliphatic carbocycles. The lowest BCUT2D eigenvalue weighted by Crippen LogP contribution is -2.21. The molecule has 0 aliphatic rings. The molecule has 25 heavy (non-hydrogen) atoms. The van der Waals surface area contributed by atoms with Crippen molar-refractivity contribution in [3.63, 3.8) is 0 Å². The van der Waals surface area contributed by atoms with Crippen LogP contribution in [0.4, 0.5) is 10.1 Å². The topological polar surface area (TPSA) is 73.9 Å². The van der Waals surface area contributed by atoms with Crippen molar-refractivity contribution in [2.45, 2.75) is 6.92 Å².